The van der Waals surface area contributed by atoms with Crippen molar-refractivity contribution < 1.29 is 14.6 Å². The minimum atomic E-state index is -0.709. The number of hydrogen-bond donors (Lipinski definition) is 1. The van der Waals surface area contributed by atoms with E-state index in [0.717, 1.165) is 0 Å². The Morgan fingerprint density at radius 3 is 3.00 bits per heavy atom. The number of aliphatic hydroxyl groups excluding tert-OH is 1. The lowest BCUT2D eigenvalue weighted by Crippen LogP contribution is -2.05. The number of aliphatic hydroxyl groups is 1. The number of hydrogen-bond acceptors (Lipinski definition) is 6. The predicted molar refractivity (Wildman–Crippen MR) is 62.5 cm³/mol. The number of fused-ring (bicyclic) bond motifs is 1. The smallest absolute Gasteiger partial charge is 0.361 e. The van der Waals surface area contributed by atoms with Crippen LogP contribution in [-0.4, -0.2) is 27.1 Å². The number of aromatic nitrogens is 2. The Bertz CT molecular complexity index is 606. The molecule has 0 aliphatic heterocycles. The van der Waals surface area contributed by atoms with Crippen LogP contribution in [-0.2, 0) is 11.3 Å². The highest BCUT2D eigenvalue weighted by atomic mass is 16.5. The minimum absolute atomic E-state index is 0.126. The second kappa shape index (κ2) is 4.92. The molecule has 0 radical (unpaired) electrons. The van der Waals surface area contributed by atoms with Crippen LogP contribution in [0.1, 0.15) is 23.0 Å². The van der Waals surface area contributed by atoms with Gasteiger partial charge in [-0.25, -0.2) is 9.78 Å². The topological polar surface area (TPSA) is 93.3 Å². The van der Waals surface area contributed by atoms with Crippen LogP contribution in [0.2, 0.25) is 0 Å². The number of carbonyl (C=O) groups excluding carboxylic acids is 1. The van der Waals surface area contributed by atoms with Crippen LogP contribution in [0.5, 0.6) is 0 Å². The molecule has 0 aliphatic rings. The largest absolute Gasteiger partial charge is 0.461 e. The van der Waals surface area contributed by atoms with Crippen molar-refractivity contribution in [3.05, 3.63) is 34.5 Å². The lowest BCUT2D eigenvalue weighted by atomic mass is 10.3. The zero-order valence-corrected chi connectivity index (χ0v) is 9.66. The van der Waals surface area contributed by atoms with E-state index in [2.05, 4.69) is 10.2 Å². The van der Waals surface area contributed by atoms with Gasteiger partial charge in [0.05, 0.1) is 13.2 Å². The second-order valence-electron chi connectivity index (χ2n) is 3.48. The monoisotopic (exact) mass is 249 g/mol. The molecule has 1 N–H and O–H groups in total. The first kappa shape index (κ1) is 12.2. The summed E-state index contributed by atoms with van der Waals surface area (Å²) in [7, 11) is 0. The Kier molecular flexibility index (Phi) is 3.33. The van der Waals surface area contributed by atoms with Gasteiger partial charge in [-0.3, -0.25) is 4.40 Å². The van der Waals surface area contributed by atoms with Crippen LogP contribution in [0.4, 0.5) is 5.82 Å². The standard InChI is InChI=1S/C11H11N3O4/c1-2-18-11(16)8-10(13-17)14-5-3-4-7(6-15)9(14)12-8/h3-5,15H,2,6H2,1H3. The van der Waals surface area contributed by atoms with Gasteiger partial charge in [0.15, 0.2) is 5.69 Å². The number of nitroso groups, excluding NO2 is 1. The van der Waals surface area contributed by atoms with E-state index in [0.29, 0.717) is 11.2 Å². The number of imidazole rings is 1. The quantitative estimate of drug-likeness (QED) is 0.653. The molecule has 0 fully saturated rings. The van der Waals surface area contributed by atoms with Crippen molar-refractivity contribution in [1.29, 1.82) is 0 Å². The molecule has 2 rings (SSSR count). The number of nitrogens with zero attached hydrogens (tertiary/aromatic N) is 3. The van der Waals surface area contributed by atoms with Gasteiger partial charge in [0.2, 0.25) is 5.82 Å². The van der Waals surface area contributed by atoms with E-state index in [4.69, 9.17) is 4.74 Å². The summed E-state index contributed by atoms with van der Waals surface area (Å²) < 4.78 is 6.15. The molecule has 0 aliphatic carbocycles. The summed E-state index contributed by atoms with van der Waals surface area (Å²) in [5, 5.41) is 12.0. The molecule has 2 aromatic rings. The van der Waals surface area contributed by atoms with Crippen LogP contribution in [0, 0.1) is 4.91 Å². The summed E-state index contributed by atoms with van der Waals surface area (Å²) >= 11 is 0. The second-order valence-corrected chi connectivity index (χ2v) is 3.48. The molecular formula is C11H11N3O4. The van der Waals surface area contributed by atoms with E-state index >= 15 is 0 Å². The van der Waals surface area contributed by atoms with E-state index < -0.39 is 5.97 Å². The van der Waals surface area contributed by atoms with Crippen molar-refractivity contribution in [1.82, 2.24) is 9.38 Å². The molecule has 0 saturated carbocycles. The first-order chi connectivity index (χ1) is 8.72. The van der Waals surface area contributed by atoms with Gasteiger partial charge in [-0.2, -0.15) is 0 Å². The molecule has 7 heteroatoms. The maximum absolute atomic E-state index is 11.6. The third-order valence-electron chi connectivity index (χ3n) is 2.43. The molecule has 0 atom stereocenters. The lowest BCUT2D eigenvalue weighted by Gasteiger charge is -1.98. The van der Waals surface area contributed by atoms with E-state index in [1.165, 1.54) is 4.40 Å². The summed E-state index contributed by atoms with van der Waals surface area (Å²) in [5.41, 5.74) is 0.670. The van der Waals surface area contributed by atoms with Crippen molar-refractivity contribution in [2.75, 3.05) is 6.61 Å². The Balaban J connectivity index is 2.67. The van der Waals surface area contributed by atoms with E-state index in [9.17, 15) is 14.8 Å². The fourth-order valence-corrected chi connectivity index (χ4v) is 1.66. The van der Waals surface area contributed by atoms with Crippen LogP contribution >= 0.6 is 0 Å². The first-order valence-corrected chi connectivity index (χ1v) is 5.34. The van der Waals surface area contributed by atoms with Gasteiger partial charge >= 0.3 is 5.97 Å². The zero-order valence-electron chi connectivity index (χ0n) is 9.66. The molecule has 7 nitrogen and oxygen atoms in total. The first-order valence-electron chi connectivity index (χ1n) is 5.34. The van der Waals surface area contributed by atoms with Gasteiger partial charge < -0.3 is 9.84 Å². The Morgan fingerprint density at radius 2 is 2.39 bits per heavy atom. The Morgan fingerprint density at radius 1 is 1.61 bits per heavy atom. The van der Waals surface area contributed by atoms with Gasteiger partial charge in [0.25, 0.3) is 0 Å². The molecule has 0 amide bonds. The molecule has 0 saturated heterocycles. The van der Waals surface area contributed by atoms with E-state index in [-0.39, 0.29) is 24.7 Å². The van der Waals surface area contributed by atoms with Crippen LogP contribution in [0.25, 0.3) is 5.65 Å². The maximum atomic E-state index is 11.6. The molecule has 2 heterocycles. The minimum Gasteiger partial charge on any atom is -0.461 e. The molecule has 0 spiro atoms. The van der Waals surface area contributed by atoms with Gasteiger partial charge in [0.1, 0.15) is 5.65 Å². The van der Waals surface area contributed by atoms with Crippen LogP contribution in [0.15, 0.2) is 23.5 Å². The normalized spacial score (nSPS) is 10.6. The molecule has 2 aromatic heterocycles. The summed E-state index contributed by atoms with van der Waals surface area (Å²) in [6, 6.07) is 3.27. The van der Waals surface area contributed by atoms with Crippen LogP contribution < -0.4 is 0 Å². The van der Waals surface area contributed by atoms with Crippen molar-refractivity contribution in [3.8, 4) is 0 Å². The molecule has 0 aromatic carbocycles. The van der Waals surface area contributed by atoms with Gasteiger partial charge in [-0.15, -0.1) is 4.91 Å². The summed E-state index contributed by atoms with van der Waals surface area (Å²) in [6.07, 6.45) is 1.54. The number of pyridine rings is 1. The van der Waals surface area contributed by atoms with Crippen LogP contribution in [0.3, 0.4) is 0 Å². The van der Waals surface area contributed by atoms with Gasteiger partial charge in [0, 0.05) is 11.8 Å². The highest BCUT2D eigenvalue weighted by molar-refractivity contribution is 5.93. The zero-order chi connectivity index (χ0) is 13.1. The summed E-state index contributed by atoms with van der Waals surface area (Å²) in [4.78, 5) is 26.5. The van der Waals surface area contributed by atoms with Crippen molar-refractivity contribution in [2.24, 2.45) is 5.18 Å². The Labute approximate surface area is 102 Å². The highest BCUT2D eigenvalue weighted by Crippen LogP contribution is 2.24. The lowest BCUT2D eigenvalue weighted by molar-refractivity contribution is 0.0521. The average molecular weight is 249 g/mol. The fraction of sp³-hybridized carbons (Fsp3) is 0.273. The average Bonchev–Trinajstić information content (AvgIpc) is 2.77. The molecule has 18 heavy (non-hydrogen) atoms. The third-order valence-corrected chi connectivity index (χ3v) is 2.43. The van der Waals surface area contributed by atoms with E-state index in [1.54, 1.807) is 25.3 Å². The summed E-state index contributed by atoms with van der Waals surface area (Å²) in [5.74, 6) is -0.835. The molecule has 94 valence electrons. The number of rotatable bonds is 4. The van der Waals surface area contributed by atoms with E-state index in [1.807, 2.05) is 0 Å². The number of ether oxygens (including phenoxy) is 1. The molecular weight excluding hydrogens is 238 g/mol. The highest BCUT2D eigenvalue weighted by Gasteiger charge is 2.22. The van der Waals surface area contributed by atoms with Gasteiger partial charge in [-0.1, -0.05) is 6.07 Å². The summed E-state index contributed by atoms with van der Waals surface area (Å²) in [6.45, 7) is 1.58. The van der Waals surface area contributed by atoms with Crippen molar-refractivity contribution >= 4 is 17.4 Å². The number of esters is 1. The molecule has 0 unspecified atom stereocenters. The predicted octanol–water partition coefficient (Wildman–Crippen LogP) is 1.40. The van der Waals surface area contributed by atoms with Crippen molar-refractivity contribution in [2.45, 2.75) is 13.5 Å². The SMILES string of the molecule is CCOC(=O)c1nc2c(CO)cccn2c1N=O. The third kappa shape index (κ3) is 1.84. The number of carbonyl (C=O) groups is 1. The Hall–Kier alpha value is -2.28. The molecule has 0 bridgehead atoms. The fourth-order valence-electron chi connectivity index (χ4n) is 1.66. The van der Waals surface area contributed by atoms with Gasteiger partial charge in [-0.05, 0) is 18.2 Å². The van der Waals surface area contributed by atoms with Crippen molar-refractivity contribution in [3.63, 3.8) is 0 Å². The maximum Gasteiger partial charge on any atom is 0.361 e.